The summed E-state index contributed by atoms with van der Waals surface area (Å²) in [6.07, 6.45) is 3.42. The number of phenols is 1. The van der Waals surface area contributed by atoms with Crippen LogP contribution in [0.2, 0.25) is 0 Å². The molecular formula is C13H15ClFNO2. The highest BCUT2D eigenvalue weighted by Gasteiger charge is 2.22. The zero-order valence-electron chi connectivity index (χ0n) is 9.83. The van der Waals surface area contributed by atoms with E-state index < -0.39 is 5.82 Å². The van der Waals surface area contributed by atoms with Crippen molar-refractivity contribution in [2.75, 3.05) is 0 Å². The van der Waals surface area contributed by atoms with Crippen LogP contribution in [0, 0.1) is 5.82 Å². The SMILES string of the molecule is O=C(NC1CCC(Cl)CC1)c1ccc(F)cc1O. The van der Waals surface area contributed by atoms with Gasteiger partial charge in [0.2, 0.25) is 0 Å². The number of amides is 1. The molecule has 1 saturated carbocycles. The van der Waals surface area contributed by atoms with Gasteiger partial charge in [-0.25, -0.2) is 4.39 Å². The third-order valence-corrected chi connectivity index (χ3v) is 3.63. The molecule has 0 saturated heterocycles. The van der Waals surface area contributed by atoms with Gasteiger partial charge in [-0.3, -0.25) is 4.79 Å². The summed E-state index contributed by atoms with van der Waals surface area (Å²) in [6.45, 7) is 0. The fourth-order valence-corrected chi connectivity index (χ4v) is 2.41. The number of benzene rings is 1. The second kappa shape index (κ2) is 5.57. The highest BCUT2D eigenvalue weighted by molar-refractivity contribution is 6.20. The molecule has 0 bridgehead atoms. The lowest BCUT2D eigenvalue weighted by atomic mass is 9.95. The van der Waals surface area contributed by atoms with E-state index in [2.05, 4.69) is 5.32 Å². The number of nitrogens with one attached hydrogen (secondary N) is 1. The van der Waals surface area contributed by atoms with Crippen molar-refractivity contribution in [2.45, 2.75) is 37.1 Å². The molecule has 0 aromatic heterocycles. The van der Waals surface area contributed by atoms with Gasteiger partial charge >= 0.3 is 0 Å². The summed E-state index contributed by atoms with van der Waals surface area (Å²) in [5.41, 5.74) is 0.101. The summed E-state index contributed by atoms with van der Waals surface area (Å²) in [4.78, 5) is 11.9. The third-order valence-electron chi connectivity index (χ3n) is 3.20. The van der Waals surface area contributed by atoms with Crippen molar-refractivity contribution in [1.82, 2.24) is 5.32 Å². The van der Waals surface area contributed by atoms with Gasteiger partial charge in [-0.05, 0) is 37.8 Å². The number of phenolic OH excluding ortho intramolecular Hbond substituents is 1. The zero-order chi connectivity index (χ0) is 13.1. The molecule has 1 aromatic carbocycles. The van der Waals surface area contributed by atoms with Crippen LogP contribution >= 0.6 is 11.6 Å². The Morgan fingerprint density at radius 3 is 2.61 bits per heavy atom. The molecule has 0 spiro atoms. The predicted octanol–water partition coefficient (Wildman–Crippen LogP) is 2.81. The maximum Gasteiger partial charge on any atom is 0.255 e. The normalized spacial score (nSPS) is 23.7. The zero-order valence-corrected chi connectivity index (χ0v) is 10.6. The number of carbonyl (C=O) groups is 1. The molecule has 2 N–H and O–H groups in total. The summed E-state index contributed by atoms with van der Waals surface area (Å²) in [6, 6.07) is 3.46. The summed E-state index contributed by atoms with van der Waals surface area (Å²) in [5.74, 6) is -1.27. The lowest BCUT2D eigenvalue weighted by molar-refractivity contribution is 0.0925. The van der Waals surface area contributed by atoms with E-state index in [4.69, 9.17) is 11.6 Å². The van der Waals surface area contributed by atoms with Crippen molar-refractivity contribution in [3.63, 3.8) is 0 Å². The molecule has 0 atom stereocenters. The second-order valence-electron chi connectivity index (χ2n) is 4.58. The summed E-state index contributed by atoms with van der Waals surface area (Å²) >= 11 is 5.98. The number of alkyl halides is 1. The lowest BCUT2D eigenvalue weighted by Crippen LogP contribution is -2.37. The fraction of sp³-hybridized carbons (Fsp3) is 0.462. The van der Waals surface area contributed by atoms with Gasteiger partial charge in [0.1, 0.15) is 11.6 Å². The Morgan fingerprint density at radius 1 is 1.33 bits per heavy atom. The van der Waals surface area contributed by atoms with Crippen LogP contribution in [0.25, 0.3) is 0 Å². The maximum atomic E-state index is 12.8. The van der Waals surface area contributed by atoms with E-state index in [1.54, 1.807) is 0 Å². The van der Waals surface area contributed by atoms with Gasteiger partial charge in [0.25, 0.3) is 5.91 Å². The van der Waals surface area contributed by atoms with Crippen molar-refractivity contribution in [3.05, 3.63) is 29.6 Å². The van der Waals surface area contributed by atoms with E-state index in [1.165, 1.54) is 6.07 Å². The molecule has 0 heterocycles. The van der Waals surface area contributed by atoms with Crippen LogP contribution in [0.3, 0.4) is 0 Å². The standard InChI is InChI=1S/C13H15ClFNO2/c14-8-1-4-10(5-2-8)16-13(18)11-6-3-9(15)7-12(11)17/h3,6-8,10,17H,1-2,4-5H2,(H,16,18). The molecule has 5 heteroatoms. The Balaban J connectivity index is 1.99. The highest BCUT2D eigenvalue weighted by atomic mass is 35.5. The molecule has 98 valence electrons. The first-order valence-electron chi connectivity index (χ1n) is 5.99. The van der Waals surface area contributed by atoms with Crippen LogP contribution in [-0.2, 0) is 0 Å². The number of halogens is 2. The number of hydrogen-bond acceptors (Lipinski definition) is 2. The van der Waals surface area contributed by atoms with Crippen LogP contribution in [-0.4, -0.2) is 22.4 Å². The molecule has 1 aliphatic carbocycles. The van der Waals surface area contributed by atoms with Crippen LogP contribution in [0.4, 0.5) is 4.39 Å². The molecule has 1 aliphatic rings. The lowest BCUT2D eigenvalue weighted by Gasteiger charge is -2.25. The van der Waals surface area contributed by atoms with Crippen LogP contribution < -0.4 is 5.32 Å². The van der Waals surface area contributed by atoms with Gasteiger partial charge < -0.3 is 10.4 Å². The Morgan fingerprint density at radius 2 is 2.00 bits per heavy atom. The number of rotatable bonds is 2. The minimum absolute atomic E-state index is 0.0805. The van der Waals surface area contributed by atoms with Gasteiger partial charge in [0.15, 0.2) is 0 Å². The Hall–Kier alpha value is -1.29. The second-order valence-corrected chi connectivity index (χ2v) is 5.20. The molecular weight excluding hydrogens is 257 g/mol. The molecule has 0 radical (unpaired) electrons. The van der Waals surface area contributed by atoms with E-state index in [-0.39, 0.29) is 28.6 Å². The molecule has 0 unspecified atom stereocenters. The minimum Gasteiger partial charge on any atom is -0.507 e. The monoisotopic (exact) mass is 271 g/mol. The van der Waals surface area contributed by atoms with E-state index in [9.17, 15) is 14.3 Å². The summed E-state index contributed by atoms with van der Waals surface area (Å²) < 4.78 is 12.8. The van der Waals surface area contributed by atoms with Gasteiger partial charge in [-0.1, -0.05) is 0 Å². The third kappa shape index (κ3) is 3.13. The minimum atomic E-state index is -0.563. The van der Waals surface area contributed by atoms with Crippen LogP contribution in [0.15, 0.2) is 18.2 Å². The summed E-state index contributed by atoms with van der Waals surface area (Å²) in [7, 11) is 0. The predicted molar refractivity (Wildman–Crippen MR) is 67.4 cm³/mol. The molecule has 0 aliphatic heterocycles. The largest absolute Gasteiger partial charge is 0.507 e. The van der Waals surface area contributed by atoms with Crippen LogP contribution in [0.1, 0.15) is 36.0 Å². The van der Waals surface area contributed by atoms with Gasteiger partial charge in [-0.15, -0.1) is 11.6 Å². The molecule has 1 fully saturated rings. The van der Waals surface area contributed by atoms with E-state index in [0.29, 0.717) is 0 Å². The Kier molecular flexibility index (Phi) is 4.07. The molecule has 2 rings (SSSR count). The van der Waals surface area contributed by atoms with E-state index in [0.717, 1.165) is 37.8 Å². The van der Waals surface area contributed by atoms with E-state index in [1.807, 2.05) is 0 Å². The van der Waals surface area contributed by atoms with Crippen molar-refractivity contribution in [3.8, 4) is 5.75 Å². The smallest absolute Gasteiger partial charge is 0.255 e. The molecule has 1 aromatic rings. The van der Waals surface area contributed by atoms with Crippen molar-refractivity contribution >= 4 is 17.5 Å². The molecule has 18 heavy (non-hydrogen) atoms. The van der Waals surface area contributed by atoms with Gasteiger partial charge in [0, 0.05) is 17.5 Å². The number of aromatic hydroxyl groups is 1. The molecule has 3 nitrogen and oxygen atoms in total. The topological polar surface area (TPSA) is 49.3 Å². The highest BCUT2D eigenvalue weighted by Crippen LogP contribution is 2.24. The fourth-order valence-electron chi connectivity index (χ4n) is 2.16. The van der Waals surface area contributed by atoms with E-state index >= 15 is 0 Å². The first kappa shape index (κ1) is 13.1. The average Bonchev–Trinajstić information content (AvgIpc) is 2.32. The first-order valence-corrected chi connectivity index (χ1v) is 6.43. The van der Waals surface area contributed by atoms with Gasteiger partial charge in [0.05, 0.1) is 5.56 Å². The number of carbonyl (C=O) groups excluding carboxylic acids is 1. The van der Waals surface area contributed by atoms with Crippen molar-refractivity contribution < 1.29 is 14.3 Å². The maximum absolute atomic E-state index is 12.8. The van der Waals surface area contributed by atoms with Crippen molar-refractivity contribution in [1.29, 1.82) is 0 Å². The Bertz CT molecular complexity index is 445. The van der Waals surface area contributed by atoms with Gasteiger partial charge in [-0.2, -0.15) is 0 Å². The van der Waals surface area contributed by atoms with Crippen LogP contribution in [0.5, 0.6) is 5.75 Å². The first-order chi connectivity index (χ1) is 8.56. The quantitative estimate of drug-likeness (QED) is 0.813. The average molecular weight is 272 g/mol. The summed E-state index contributed by atoms with van der Waals surface area (Å²) in [5, 5.41) is 12.5. The Labute approximate surface area is 110 Å². The molecule has 1 amide bonds. The van der Waals surface area contributed by atoms with Crippen molar-refractivity contribution in [2.24, 2.45) is 0 Å². The number of hydrogen-bond donors (Lipinski definition) is 2.